The third-order valence-corrected chi connectivity index (χ3v) is 2.25. The molecule has 0 aliphatic heterocycles. The maximum Gasteiger partial charge on any atom is 0.310 e. The van der Waals surface area contributed by atoms with Crippen LogP contribution in [0.25, 0.3) is 0 Å². The lowest BCUT2D eigenvalue weighted by molar-refractivity contribution is -0.148. The number of hydrogen-bond donors (Lipinski definition) is 1. The normalized spacial score (nSPS) is 29.1. The average molecular weight is 202 g/mol. The smallest absolute Gasteiger partial charge is 0.310 e. The fraction of sp³-hybridized carbons (Fsp3) is 0.625. The first-order valence-electron chi connectivity index (χ1n) is 3.93. The van der Waals surface area contributed by atoms with Gasteiger partial charge in [-0.3, -0.25) is 14.4 Å². The molecule has 1 N–H and O–H groups in total. The van der Waals surface area contributed by atoms with Gasteiger partial charge in [-0.1, -0.05) is 0 Å². The van der Waals surface area contributed by atoms with Crippen LogP contribution in [-0.2, 0) is 23.9 Å². The van der Waals surface area contributed by atoms with Crippen molar-refractivity contribution in [2.45, 2.75) is 0 Å². The van der Waals surface area contributed by atoms with Crippen LogP contribution >= 0.6 is 0 Å². The molecule has 0 heterocycles. The lowest BCUT2D eigenvalue weighted by atomic mass is 10.3. The second-order valence-electron chi connectivity index (χ2n) is 2.96. The van der Waals surface area contributed by atoms with Crippen molar-refractivity contribution in [2.24, 2.45) is 17.8 Å². The first kappa shape index (κ1) is 10.5. The quantitative estimate of drug-likeness (QED) is 0.607. The monoisotopic (exact) mass is 202 g/mol. The summed E-state index contributed by atoms with van der Waals surface area (Å²) in [6.07, 6.45) is 0. The Balaban J connectivity index is 2.73. The molecule has 0 aromatic carbocycles. The third kappa shape index (κ3) is 1.55. The highest BCUT2D eigenvalue weighted by atomic mass is 16.5. The van der Waals surface area contributed by atoms with E-state index in [0.717, 1.165) is 14.2 Å². The summed E-state index contributed by atoms with van der Waals surface area (Å²) in [6, 6.07) is 0. The van der Waals surface area contributed by atoms with Crippen LogP contribution in [0.2, 0.25) is 0 Å². The van der Waals surface area contributed by atoms with Crippen LogP contribution in [0.3, 0.4) is 0 Å². The van der Waals surface area contributed by atoms with Crippen molar-refractivity contribution in [3.05, 3.63) is 0 Å². The van der Waals surface area contributed by atoms with Gasteiger partial charge in [0.1, 0.15) is 0 Å². The van der Waals surface area contributed by atoms with Gasteiger partial charge in [-0.15, -0.1) is 0 Å². The molecule has 6 heteroatoms. The molecule has 2 unspecified atom stereocenters. The molecule has 14 heavy (non-hydrogen) atoms. The fourth-order valence-electron chi connectivity index (χ4n) is 1.48. The molecule has 0 radical (unpaired) electrons. The minimum Gasteiger partial charge on any atom is -0.481 e. The Morgan fingerprint density at radius 1 is 0.929 bits per heavy atom. The number of carbonyl (C=O) groups excluding carboxylic acids is 2. The van der Waals surface area contributed by atoms with Crippen LogP contribution in [0, 0.1) is 17.8 Å². The van der Waals surface area contributed by atoms with E-state index in [2.05, 4.69) is 9.47 Å². The number of rotatable bonds is 3. The van der Waals surface area contributed by atoms with E-state index in [1.54, 1.807) is 0 Å². The summed E-state index contributed by atoms with van der Waals surface area (Å²) in [5, 5.41) is 8.67. The molecular weight excluding hydrogens is 192 g/mol. The Bertz CT molecular complexity index is 262. The minimum absolute atomic E-state index is 0.687. The van der Waals surface area contributed by atoms with Gasteiger partial charge >= 0.3 is 17.9 Å². The molecule has 0 spiro atoms. The van der Waals surface area contributed by atoms with Crippen LogP contribution in [-0.4, -0.2) is 37.2 Å². The molecular formula is C8H10O6. The Kier molecular flexibility index (Phi) is 2.73. The number of ether oxygens (including phenoxy) is 2. The van der Waals surface area contributed by atoms with E-state index in [-0.39, 0.29) is 0 Å². The van der Waals surface area contributed by atoms with Crippen molar-refractivity contribution in [1.82, 2.24) is 0 Å². The lowest BCUT2D eigenvalue weighted by Gasteiger charge is -1.95. The Morgan fingerprint density at radius 3 is 1.50 bits per heavy atom. The SMILES string of the molecule is COC(=O)C1C(C(=O)O)C1C(=O)OC. The van der Waals surface area contributed by atoms with Gasteiger partial charge in [0.25, 0.3) is 0 Å². The van der Waals surface area contributed by atoms with Crippen molar-refractivity contribution in [3.8, 4) is 0 Å². The van der Waals surface area contributed by atoms with Gasteiger partial charge < -0.3 is 14.6 Å². The molecule has 0 aromatic heterocycles. The highest BCUT2D eigenvalue weighted by Crippen LogP contribution is 2.47. The minimum atomic E-state index is -1.18. The van der Waals surface area contributed by atoms with Gasteiger partial charge in [-0.25, -0.2) is 0 Å². The molecule has 1 saturated carbocycles. The zero-order chi connectivity index (χ0) is 10.9. The molecule has 1 aliphatic rings. The Morgan fingerprint density at radius 2 is 1.29 bits per heavy atom. The van der Waals surface area contributed by atoms with Crippen LogP contribution in [0.4, 0.5) is 0 Å². The van der Waals surface area contributed by atoms with Gasteiger partial charge in [0, 0.05) is 0 Å². The topological polar surface area (TPSA) is 89.9 Å². The Labute approximate surface area is 79.8 Å². The van der Waals surface area contributed by atoms with Crippen molar-refractivity contribution in [2.75, 3.05) is 14.2 Å². The fourth-order valence-corrected chi connectivity index (χ4v) is 1.48. The second-order valence-corrected chi connectivity index (χ2v) is 2.96. The van der Waals surface area contributed by atoms with E-state index in [9.17, 15) is 14.4 Å². The molecule has 78 valence electrons. The van der Waals surface area contributed by atoms with E-state index >= 15 is 0 Å². The molecule has 1 fully saturated rings. The van der Waals surface area contributed by atoms with E-state index < -0.39 is 35.7 Å². The zero-order valence-electron chi connectivity index (χ0n) is 7.72. The van der Waals surface area contributed by atoms with Gasteiger partial charge in [0.05, 0.1) is 32.0 Å². The van der Waals surface area contributed by atoms with Crippen LogP contribution in [0.1, 0.15) is 0 Å². The number of hydrogen-bond acceptors (Lipinski definition) is 5. The number of esters is 2. The van der Waals surface area contributed by atoms with E-state index in [1.807, 2.05) is 0 Å². The standard InChI is InChI=1S/C8H10O6/c1-13-7(11)4-3(6(9)10)5(4)8(12)14-2/h3-5H,1-2H3,(H,9,10). The highest BCUT2D eigenvalue weighted by Gasteiger charge is 2.64. The molecule has 1 aliphatic carbocycles. The molecule has 6 nitrogen and oxygen atoms in total. The summed E-state index contributed by atoms with van der Waals surface area (Å²) in [6.45, 7) is 0. The van der Waals surface area contributed by atoms with Crippen LogP contribution in [0.15, 0.2) is 0 Å². The highest BCUT2D eigenvalue weighted by molar-refractivity contribution is 5.96. The first-order valence-corrected chi connectivity index (χ1v) is 3.93. The third-order valence-electron chi connectivity index (χ3n) is 2.25. The van der Waals surface area contributed by atoms with E-state index in [4.69, 9.17) is 5.11 Å². The number of carboxylic acid groups (broad SMARTS) is 1. The summed E-state index contributed by atoms with van der Waals surface area (Å²) in [5.41, 5.74) is 0. The van der Waals surface area contributed by atoms with E-state index in [0.29, 0.717) is 0 Å². The average Bonchev–Trinajstić information content (AvgIpc) is 2.90. The molecule has 0 bridgehead atoms. The molecule has 1 rings (SSSR count). The summed E-state index contributed by atoms with van der Waals surface area (Å²) in [7, 11) is 2.29. The zero-order valence-corrected chi connectivity index (χ0v) is 7.72. The maximum absolute atomic E-state index is 11.0. The van der Waals surface area contributed by atoms with Gasteiger partial charge in [-0.05, 0) is 0 Å². The van der Waals surface area contributed by atoms with Crippen molar-refractivity contribution >= 4 is 17.9 Å². The predicted molar refractivity (Wildman–Crippen MR) is 42.1 cm³/mol. The van der Waals surface area contributed by atoms with Crippen molar-refractivity contribution < 1.29 is 29.0 Å². The van der Waals surface area contributed by atoms with Crippen molar-refractivity contribution in [3.63, 3.8) is 0 Å². The number of carboxylic acids is 1. The second kappa shape index (κ2) is 3.65. The molecule has 0 amide bonds. The molecule has 2 atom stereocenters. The van der Waals surface area contributed by atoms with Crippen LogP contribution < -0.4 is 0 Å². The van der Waals surface area contributed by atoms with Gasteiger partial charge in [-0.2, -0.15) is 0 Å². The predicted octanol–water partition coefficient (Wildman–Crippen LogP) is -0.721. The number of aliphatic carboxylic acids is 1. The summed E-state index contributed by atoms with van der Waals surface area (Å²) in [5.74, 6) is -5.36. The molecule has 0 aromatic rings. The number of methoxy groups -OCH3 is 2. The lowest BCUT2D eigenvalue weighted by Crippen LogP contribution is -2.10. The summed E-state index contributed by atoms with van der Waals surface area (Å²) < 4.78 is 8.74. The largest absolute Gasteiger partial charge is 0.481 e. The maximum atomic E-state index is 11.0. The molecule has 0 saturated heterocycles. The van der Waals surface area contributed by atoms with Gasteiger partial charge in [0.2, 0.25) is 0 Å². The summed E-state index contributed by atoms with van der Waals surface area (Å²) >= 11 is 0. The van der Waals surface area contributed by atoms with Crippen LogP contribution in [0.5, 0.6) is 0 Å². The summed E-state index contributed by atoms with van der Waals surface area (Å²) in [4.78, 5) is 32.7. The number of carbonyl (C=O) groups is 3. The Hall–Kier alpha value is -1.59. The first-order chi connectivity index (χ1) is 6.54. The van der Waals surface area contributed by atoms with Crippen molar-refractivity contribution in [1.29, 1.82) is 0 Å². The van der Waals surface area contributed by atoms with Gasteiger partial charge in [0.15, 0.2) is 0 Å². The van der Waals surface area contributed by atoms with E-state index in [1.165, 1.54) is 0 Å².